The highest BCUT2D eigenvalue weighted by atomic mass is 19.4. The van der Waals surface area contributed by atoms with Crippen LogP contribution in [0.5, 0.6) is 0 Å². The van der Waals surface area contributed by atoms with Crippen molar-refractivity contribution in [2.24, 2.45) is 0 Å². The molecule has 3 rings (SSSR count). The molecule has 0 radical (unpaired) electrons. The van der Waals surface area contributed by atoms with Gasteiger partial charge in [-0.05, 0) is 32.3 Å². The van der Waals surface area contributed by atoms with Crippen molar-refractivity contribution < 1.29 is 22.5 Å². The molecule has 1 atom stereocenters. The van der Waals surface area contributed by atoms with Crippen LogP contribution in [0.25, 0.3) is 0 Å². The number of aryl methyl sites for hydroxylation is 2. The molecule has 0 bridgehead atoms. The van der Waals surface area contributed by atoms with Crippen LogP contribution in [-0.2, 0) is 23.9 Å². The van der Waals surface area contributed by atoms with Crippen molar-refractivity contribution in [1.82, 2.24) is 19.8 Å². The van der Waals surface area contributed by atoms with Crippen LogP contribution in [0, 0.1) is 6.92 Å². The van der Waals surface area contributed by atoms with E-state index in [4.69, 9.17) is 4.52 Å². The summed E-state index contributed by atoms with van der Waals surface area (Å²) in [6.45, 7) is 3.77. The molecule has 0 aliphatic carbocycles. The number of likely N-dealkylation sites (tertiary alicyclic amines) is 1. The predicted octanol–water partition coefficient (Wildman–Crippen LogP) is 3.12. The van der Waals surface area contributed by atoms with E-state index < -0.39 is 11.9 Å². The van der Waals surface area contributed by atoms with Crippen LogP contribution < -0.4 is 0 Å². The summed E-state index contributed by atoms with van der Waals surface area (Å²) in [5, 5.41) is 7.46. The summed E-state index contributed by atoms with van der Waals surface area (Å²) < 4.78 is 44.7. The van der Waals surface area contributed by atoms with Gasteiger partial charge in [-0.2, -0.15) is 18.3 Å². The molecule has 9 heteroatoms. The molecular weight excluding hydrogens is 337 g/mol. The van der Waals surface area contributed by atoms with Gasteiger partial charge in [-0.25, -0.2) is 0 Å². The highest BCUT2D eigenvalue weighted by Crippen LogP contribution is 2.33. The topological polar surface area (TPSA) is 64.2 Å². The lowest BCUT2D eigenvalue weighted by Crippen LogP contribution is -2.33. The molecule has 1 fully saturated rings. The molecule has 0 aromatic carbocycles. The maximum atomic E-state index is 12.7. The van der Waals surface area contributed by atoms with E-state index in [1.165, 1.54) is 6.92 Å². The lowest BCUT2D eigenvalue weighted by molar-refractivity contribution is -0.142. The zero-order chi connectivity index (χ0) is 18.2. The molecule has 0 unspecified atom stereocenters. The van der Waals surface area contributed by atoms with E-state index in [0.717, 1.165) is 35.7 Å². The normalized spacial score (nSPS) is 18.1. The molecule has 0 saturated carbocycles. The minimum atomic E-state index is -4.52. The van der Waals surface area contributed by atoms with Gasteiger partial charge in [0.1, 0.15) is 6.54 Å². The zero-order valence-corrected chi connectivity index (χ0v) is 14.0. The molecule has 3 heterocycles. The Labute approximate surface area is 142 Å². The Bertz CT molecular complexity index is 766. The van der Waals surface area contributed by atoms with E-state index in [2.05, 4.69) is 10.3 Å². The van der Waals surface area contributed by atoms with Gasteiger partial charge in [0.2, 0.25) is 5.91 Å². The van der Waals surface area contributed by atoms with Crippen molar-refractivity contribution in [1.29, 1.82) is 0 Å². The summed E-state index contributed by atoms with van der Waals surface area (Å²) >= 11 is 0. The highest BCUT2D eigenvalue weighted by molar-refractivity contribution is 5.76. The minimum Gasteiger partial charge on any atom is -0.359 e. The number of hydrogen-bond donors (Lipinski definition) is 0. The first-order valence-corrected chi connectivity index (χ1v) is 8.16. The summed E-state index contributed by atoms with van der Waals surface area (Å²) in [6.07, 6.45) is -2.23. The fourth-order valence-electron chi connectivity index (χ4n) is 3.04. The van der Waals surface area contributed by atoms with Crippen molar-refractivity contribution in [3.8, 4) is 0 Å². The molecule has 1 saturated heterocycles. The zero-order valence-electron chi connectivity index (χ0n) is 14.0. The fourth-order valence-corrected chi connectivity index (χ4v) is 3.04. The number of carbonyl (C=O) groups excluding carboxylic acids is 1. The number of rotatable bonds is 4. The second kappa shape index (κ2) is 6.53. The number of halogens is 3. The third-order valence-electron chi connectivity index (χ3n) is 4.40. The van der Waals surface area contributed by atoms with Gasteiger partial charge in [0.05, 0.1) is 11.7 Å². The first-order valence-electron chi connectivity index (χ1n) is 8.16. The molecule has 1 aliphatic rings. The molecule has 1 amide bonds. The maximum Gasteiger partial charge on any atom is 0.435 e. The Morgan fingerprint density at radius 3 is 2.76 bits per heavy atom. The second-order valence-electron chi connectivity index (χ2n) is 6.15. The largest absolute Gasteiger partial charge is 0.435 e. The number of aromatic nitrogens is 3. The van der Waals surface area contributed by atoms with Crippen molar-refractivity contribution in [2.75, 3.05) is 6.54 Å². The van der Waals surface area contributed by atoms with Crippen LogP contribution >= 0.6 is 0 Å². The van der Waals surface area contributed by atoms with Crippen molar-refractivity contribution in [3.05, 3.63) is 35.0 Å². The third kappa shape index (κ3) is 3.54. The van der Waals surface area contributed by atoms with Gasteiger partial charge in [0.25, 0.3) is 0 Å². The fraction of sp³-hybridized carbons (Fsp3) is 0.562. The van der Waals surface area contributed by atoms with E-state index in [-0.39, 0.29) is 18.5 Å². The van der Waals surface area contributed by atoms with E-state index in [1.807, 2.05) is 13.0 Å². The smallest absolute Gasteiger partial charge is 0.359 e. The van der Waals surface area contributed by atoms with Crippen LogP contribution in [0.3, 0.4) is 0 Å². The van der Waals surface area contributed by atoms with E-state index in [0.29, 0.717) is 18.0 Å². The summed E-state index contributed by atoms with van der Waals surface area (Å²) in [5.74, 6) is 0.341. The number of alkyl halides is 3. The van der Waals surface area contributed by atoms with Crippen molar-refractivity contribution in [3.63, 3.8) is 0 Å². The molecule has 136 valence electrons. The van der Waals surface area contributed by atoms with Crippen molar-refractivity contribution in [2.45, 2.75) is 51.9 Å². The lowest BCUT2D eigenvalue weighted by Gasteiger charge is -2.22. The number of hydrogen-bond acceptors (Lipinski definition) is 4. The Morgan fingerprint density at radius 2 is 2.16 bits per heavy atom. The van der Waals surface area contributed by atoms with Crippen LogP contribution in [0.4, 0.5) is 13.2 Å². The summed E-state index contributed by atoms with van der Waals surface area (Å²) in [4.78, 5) is 14.2. The lowest BCUT2D eigenvalue weighted by atomic mass is 10.1. The highest BCUT2D eigenvalue weighted by Gasteiger charge is 2.36. The molecule has 0 spiro atoms. The van der Waals surface area contributed by atoms with Gasteiger partial charge in [0, 0.05) is 18.3 Å². The number of carbonyl (C=O) groups is 1. The van der Waals surface area contributed by atoms with E-state index in [9.17, 15) is 18.0 Å². The first kappa shape index (κ1) is 17.5. The first-order chi connectivity index (χ1) is 11.8. The molecule has 2 aromatic heterocycles. The van der Waals surface area contributed by atoms with Gasteiger partial charge in [-0.3, -0.25) is 9.48 Å². The van der Waals surface area contributed by atoms with Crippen LogP contribution in [-0.4, -0.2) is 32.3 Å². The Morgan fingerprint density at radius 1 is 1.40 bits per heavy atom. The predicted molar refractivity (Wildman–Crippen MR) is 81.5 cm³/mol. The van der Waals surface area contributed by atoms with Crippen LogP contribution in [0.1, 0.15) is 48.6 Å². The number of amides is 1. The van der Waals surface area contributed by atoms with Crippen molar-refractivity contribution >= 4 is 5.91 Å². The molecule has 25 heavy (non-hydrogen) atoms. The quantitative estimate of drug-likeness (QED) is 0.844. The Balaban J connectivity index is 1.75. The standard InChI is InChI=1S/C16H19F3N4O2/c1-3-11-8-13(25-21-11)12-5-4-6-22(12)15(24)9-23-10(2)7-14(20-23)16(17,18)19/h7-8,12H,3-6,9H2,1-2H3/t12-/m0/s1. The van der Waals surface area contributed by atoms with E-state index in [1.54, 1.807) is 4.90 Å². The number of nitrogens with zero attached hydrogens (tertiary/aromatic N) is 4. The van der Waals surface area contributed by atoms with Gasteiger partial charge in [-0.15, -0.1) is 0 Å². The average Bonchev–Trinajstić information content (AvgIpc) is 3.25. The second-order valence-corrected chi connectivity index (χ2v) is 6.15. The maximum absolute atomic E-state index is 12.7. The van der Waals surface area contributed by atoms with Gasteiger partial charge in [0.15, 0.2) is 11.5 Å². The summed E-state index contributed by atoms with van der Waals surface area (Å²) in [7, 11) is 0. The molecule has 0 N–H and O–H groups in total. The Hall–Kier alpha value is -2.32. The molecule has 2 aromatic rings. The van der Waals surface area contributed by atoms with Gasteiger partial charge in [-0.1, -0.05) is 12.1 Å². The molecule has 1 aliphatic heterocycles. The van der Waals surface area contributed by atoms with Gasteiger partial charge < -0.3 is 9.42 Å². The molecule has 6 nitrogen and oxygen atoms in total. The SMILES string of the molecule is CCc1cc([C@@H]2CCCN2C(=O)Cn2nc(C(F)(F)F)cc2C)on1. The van der Waals surface area contributed by atoms with Gasteiger partial charge >= 0.3 is 6.18 Å². The van der Waals surface area contributed by atoms with Crippen LogP contribution in [0.2, 0.25) is 0 Å². The monoisotopic (exact) mass is 356 g/mol. The molecular formula is C16H19F3N4O2. The van der Waals surface area contributed by atoms with E-state index >= 15 is 0 Å². The minimum absolute atomic E-state index is 0.224. The summed E-state index contributed by atoms with van der Waals surface area (Å²) in [6, 6.07) is 2.55. The Kier molecular flexibility index (Phi) is 4.57. The average molecular weight is 356 g/mol. The summed E-state index contributed by atoms with van der Waals surface area (Å²) in [5.41, 5.74) is 0.120. The third-order valence-corrected chi connectivity index (χ3v) is 4.40. The van der Waals surface area contributed by atoms with Crippen LogP contribution in [0.15, 0.2) is 16.7 Å².